The van der Waals surface area contributed by atoms with Crippen molar-refractivity contribution in [3.05, 3.63) is 85.0 Å². The number of aromatic nitrogens is 2. The molecule has 3 rings (SSSR count). The summed E-state index contributed by atoms with van der Waals surface area (Å²) in [6.45, 7) is 0. The molecule has 4 N–H and O–H groups in total. The van der Waals surface area contributed by atoms with E-state index >= 15 is 0 Å². The number of nitrogens with zero attached hydrogens (tertiary/aromatic N) is 2. The van der Waals surface area contributed by atoms with E-state index in [-0.39, 0.29) is 33.4 Å². The molecule has 0 aliphatic rings. The number of hydrogen-bond donors (Lipinski definition) is 3. The lowest BCUT2D eigenvalue weighted by molar-refractivity contribution is -0.384. The molecular weight excluding hydrogens is 446 g/mol. The van der Waals surface area contributed by atoms with Crippen LogP contribution >= 0.6 is 0 Å². The number of benzene rings is 2. The van der Waals surface area contributed by atoms with Crippen molar-refractivity contribution in [2.24, 2.45) is 7.05 Å². The number of aromatic amines is 1. The molecule has 166 valence electrons. The molecule has 0 radical (unpaired) electrons. The summed E-state index contributed by atoms with van der Waals surface area (Å²) in [6, 6.07) is 9.11. The fourth-order valence-electron chi connectivity index (χ4n) is 2.54. The van der Waals surface area contributed by atoms with Gasteiger partial charge in [0.1, 0.15) is 22.2 Å². The molecule has 32 heavy (non-hydrogen) atoms. The van der Waals surface area contributed by atoms with Crippen LogP contribution in [0.25, 0.3) is 0 Å². The van der Waals surface area contributed by atoms with E-state index in [0.29, 0.717) is 4.57 Å². The molecule has 1 heterocycles. The second-order valence-electron chi connectivity index (χ2n) is 6.35. The molecule has 1 aromatic heterocycles. The second-order valence-corrected chi connectivity index (χ2v) is 7.90. The van der Waals surface area contributed by atoms with Crippen LogP contribution in [-0.2, 0) is 17.2 Å². The van der Waals surface area contributed by atoms with Gasteiger partial charge in [0.25, 0.3) is 17.2 Å². The largest absolute Gasteiger partial charge is 0.383 e. The summed E-state index contributed by atoms with van der Waals surface area (Å²) in [5.74, 6) is -1.38. The van der Waals surface area contributed by atoms with Crippen LogP contribution in [0.1, 0.15) is 10.4 Å². The number of amides is 1. The minimum Gasteiger partial charge on any atom is -0.383 e. The Kier molecular flexibility index (Phi) is 5.80. The van der Waals surface area contributed by atoms with Crippen molar-refractivity contribution in [3.63, 3.8) is 0 Å². The Morgan fingerprint density at radius 2 is 1.84 bits per heavy atom. The van der Waals surface area contributed by atoms with Crippen LogP contribution in [-0.4, -0.2) is 28.8 Å². The fraction of sp³-hybridized carbons (Fsp3) is 0.0556. The molecular formula is C18H15N5O8S. The van der Waals surface area contributed by atoms with Gasteiger partial charge >= 0.3 is 15.8 Å². The molecule has 13 nitrogen and oxygen atoms in total. The Bertz CT molecular complexity index is 1440. The number of nitrogens with two attached hydrogens (primary N) is 1. The smallest absolute Gasteiger partial charge is 0.339 e. The van der Waals surface area contributed by atoms with Gasteiger partial charge < -0.3 is 15.2 Å². The maximum Gasteiger partial charge on any atom is 0.339 e. The lowest BCUT2D eigenvalue weighted by atomic mass is 10.2. The first-order chi connectivity index (χ1) is 15.0. The first kappa shape index (κ1) is 22.2. The molecule has 0 aliphatic carbocycles. The topological polar surface area (TPSA) is 196 Å². The molecule has 0 bridgehead atoms. The van der Waals surface area contributed by atoms with Gasteiger partial charge in [0.05, 0.1) is 11.0 Å². The van der Waals surface area contributed by atoms with E-state index < -0.39 is 32.2 Å². The SMILES string of the molecule is Cn1c(=O)[nH]c(N)c(NC(=O)c2ccc(S(=O)(=O)Oc3cccc([N+](=O)[O-])c3)cc2)c1=O. The van der Waals surface area contributed by atoms with E-state index in [9.17, 15) is 32.9 Å². The third-order valence-electron chi connectivity index (χ3n) is 4.21. The van der Waals surface area contributed by atoms with Crippen molar-refractivity contribution >= 4 is 33.2 Å². The van der Waals surface area contributed by atoms with E-state index in [4.69, 9.17) is 9.92 Å². The zero-order valence-electron chi connectivity index (χ0n) is 16.3. The van der Waals surface area contributed by atoms with Crippen LogP contribution in [0.4, 0.5) is 17.2 Å². The van der Waals surface area contributed by atoms with E-state index in [1.54, 1.807) is 0 Å². The van der Waals surface area contributed by atoms with Gasteiger partial charge in [0, 0.05) is 18.7 Å². The maximum absolute atomic E-state index is 12.4. The van der Waals surface area contributed by atoms with E-state index in [1.807, 2.05) is 0 Å². The van der Waals surface area contributed by atoms with E-state index in [1.165, 1.54) is 25.2 Å². The van der Waals surface area contributed by atoms with Crippen molar-refractivity contribution in [3.8, 4) is 5.75 Å². The van der Waals surface area contributed by atoms with Gasteiger partial charge in [-0.05, 0) is 30.3 Å². The van der Waals surface area contributed by atoms with Crippen molar-refractivity contribution < 1.29 is 22.3 Å². The van der Waals surface area contributed by atoms with Gasteiger partial charge in [-0.3, -0.25) is 29.3 Å². The van der Waals surface area contributed by atoms with Gasteiger partial charge in [0.15, 0.2) is 0 Å². The summed E-state index contributed by atoms with van der Waals surface area (Å²) < 4.78 is 30.5. The molecule has 2 aromatic carbocycles. The number of rotatable bonds is 6. The lowest BCUT2D eigenvalue weighted by Gasteiger charge is -2.10. The molecule has 14 heteroatoms. The summed E-state index contributed by atoms with van der Waals surface area (Å²) in [5, 5.41) is 13.1. The van der Waals surface area contributed by atoms with Gasteiger partial charge in [-0.1, -0.05) is 6.07 Å². The summed E-state index contributed by atoms with van der Waals surface area (Å²) in [6.07, 6.45) is 0. The monoisotopic (exact) mass is 461 g/mol. The number of anilines is 2. The highest BCUT2D eigenvalue weighted by Gasteiger charge is 2.20. The fourth-order valence-corrected chi connectivity index (χ4v) is 3.46. The zero-order valence-corrected chi connectivity index (χ0v) is 17.1. The van der Waals surface area contributed by atoms with Crippen LogP contribution < -0.4 is 26.5 Å². The lowest BCUT2D eigenvalue weighted by Crippen LogP contribution is -2.36. The third-order valence-corrected chi connectivity index (χ3v) is 5.47. The molecule has 1 amide bonds. The van der Waals surface area contributed by atoms with Gasteiger partial charge in [-0.15, -0.1) is 0 Å². The number of non-ortho nitro benzene ring substituents is 1. The minimum absolute atomic E-state index is 0.0213. The van der Waals surface area contributed by atoms with Crippen LogP contribution in [0.3, 0.4) is 0 Å². The number of nitrogen functional groups attached to an aromatic ring is 1. The molecule has 0 saturated carbocycles. The van der Waals surface area contributed by atoms with E-state index in [2.05, 4.69) is 10.3 Å². The third kappa shape index (κ3) is 4.49. The Balaban J connectivity index is 1.81. The van der Waals surface area contributed by atoms with Crippen LogP contribution in [0.15, 0.2) is 63.0 Å². The van der Waals surface area contributed by atoms with Crippen molar-refractivity contribution in [2.75, 3.05) is 11.1 Å². The Morgan fingerprint density at radius 3 is 2.47 bits per heavy atom. The maximum atomic E-state index is 12.4. The Hall–Kier alpha value is -4.46. The summed E-state index contributed by atoms with van der Waals surface area (Å²) >= 11 is 0. The molecule has 0 fully saturated rings. The number of carbonyl (C=O) groups is 1. The molecule has 3 aromatic rings. The average molecular weight is 461 g/mol. The Labute approximate surface area is 179 Å². The number of nitro benzene ring substituents is 1. The highest BCUT2D eigenvalue weighted by molar-refractivity contribution is 7.87. The molecule has 0 aliphatic heterocycles. The molecule has 0 atom stereocenters. The van der Waals surface area contributed by atoms with Crippen molar-refractivity contribution in [2.45, 2.75) is 4.90 Å². The molecule has 0 unspecified atom stereocenters. The average Bonchev–Trinajstić information content (AvgIpc) is 2.75. The number of nitro groups is 1. The standard InChI is InChI=1S/C18H15N5O8S/c1-22-17(25)14(15(19)21-18(22)26)20-16(24)10-5-7-13(8-6-10)32(29,30)31-12-4-2-3-11(9-12)23(27)28/h2-9H,19H2,1H3,(H,20,24)(H,21,26). The first-order valence-electron chi connectivity index (χ1n) is 8.69. The van der Waals surface area contributed by atoms with Crippen LogP contribution in [0.5, 0.6) is 5.75 Å². The second kappa shape index (κ2) is 8.35. The zero-order chi connectivity index (χ0) is 23.6. The Morgan fingerprint density at radius 1 is 1.19 bits per heavy atom. The first-order valence-corrected chi connectivity index (χ1v) is 10.1. The number of hydrogen-bond acceptors (Lipinski definition) is 9. The quantitative estimate of drug-likeness (QED) is 0.267. The number of H-pyrrole nitrogens is 1. The summed E-state index contributed by atoms with van der Waals surface area (Å²) in [7, 11) is -3.16. The van der Waals surface area contributed by atoms with Gasteiger partial charge in [0.2, 0.25) is 0 Å². The minimum atomic E-state index is -4.35. The molecule has 0 spiro atoms. The highest BCUT2D eigenvalue weighted by atomic mass is 32.2. The molecule has 0 saturated heterocycles. The normalized spacial score (nSPS) is 11.0. The predicted octanol–water partition coefficient (Wildman–Crippen LogP) is 0.584. The van der Waals surface area contributed by atoms with Gasteiger partial charge in [-0.25, -0.2) is 4.79 Å². The summed E-state index contributed by atoms with van der Waals surface area (Å²) in [4.78, 5) is 48.0. The summed E-state index contributed by atoms with van der Waals surface area (Å²) in [5.41, 5.74) is 3.27. The number of carbonyl (C=O) groups excluding carboxylic acids is 1. The van der Waals surface area contributed by atoms with Crippen molar-refractivity contribution in [1.82, 2.24) is 9.55 Å². The van der Waals surface area contributed by atoms with Crippen LogP contribution in [0, 0.1) is 10.1 Å². The predicted molar refractivity (Wildman–Crippen MR) is 112 cm³/mol. The number of nitrogens with one attached hydrogen (secondary N) is 2. The van der Waals surface area contributed by atoms with E-state index in [0.717, 1.165) is 30.3 Å². The van der Waals surface area contributed by atoms with Crippen molar-refractivity contribution in [1.29, 1.82) is 0 Å². The highest BCUT2D eigenvalue weighted by Crippen LogP contribution is 2.23. The van der Waals surface area contributed by atoms with Gasteiger partial charge in [-0.2, -0.15) is 8.42 Å². The van der Waals surface area contributed by atoms with Crippen LogP contribution in [0.2, 0.25) is 0 Å².